The fourth-order valence-electron chi connectivity index (χ4n) is 8.24. The SMILES string of the molecule is CCc1nn(CCCO)c2c1C(=O)CC1(CCOCC1)C2.CCc1nn(CCCOC(=O)c2ccccc2)c2c1C(=O)CC1(CCOCC1)C2. The van der Waals surface area contributed by atoms with Crippen LogP contribution >= 0.6 is 0 Å². The standard InChI is InChI=1S/C23H28N2O4.C16H24N2O3/c1-2-18-21-19(15-23(16-20(21)26)9-13-28-14-10-23)25(24-18)11-6-12-29-22(27)17-7-4-3-5-8-17;1-2-12-15-13(18(17-12)6-3-7-19)10-16(11-14(15)20)4-8-21-9-5-16/h3-5,7-8H,2,6,9-16H2,1H3;19H,2-11H2,1H3. The Morgan fingerprint density at radius 1 is 0.760 bits per heavy atom. The van der Waals surface area contributed by atoms with E-state index in [0.29, 0.717) is 50.9 Å². The third-order valence-electron chi connectivity index (χ3n) is 11.0. The second-order valence-electron chi connectivity index (χ2n) is 14.4. The van der Waals surface area contributed by atoms with Crippen molar-refractivity contribution in [3.05, 3.63) is 69.8 Å². The number of Topliss-reactive ketones (excluding diaryl/α,β-unsaturated/α-hetero) is 2. The van der Waals surface area contributed by atoms with E-state index in [1.807, 2.05) is 41.4 Å². The van der Waals surface area contributed by atoms with Crippen LogP contribution in [-0.2, 0) is 53.0 Å². The molecule has 0 saturated carbocycles. The summed E-state index contributed by atoms with van der Waals surface area (Å²) in [6.07, 6.45) is 9.73. The Balaban J connectivity index is 0.000000182. The first kappa shape index (κ1) is 36.1. The van der Waals surface area contributed by atoms with Gasteiger partial charge in [0, 0.05) is 65.4 Å². The van der Waals surface area contributed by atoms with Crippen molar-refractivity contribution in [1.82, 2.24) is 19.6 Å². The maximum atomic E-state index is 13.0. The molecule has 2 saturated heterocycles. The average molecular weight is 689 g/mol. The van der Waals surface area contributed by atoms with Crippen LogP contribution < -0.4 is 0 Å². The zero-order chi connectivity index (χ0) is 35.1. The highest BCUT2D eigenvalue weighted by atomic mass is 16.5. The van der Waals surface area contributed by atoms with Crippen LogP contribution in [0.1, 0.15) is 119 Å². The maximum Gasteiger partial charge on any atom is 0.338 e. The van der Waals surface area contributed by atoms with Gasteiger partial charge in [-0.25, -0.2) is 4.79 Å². The lowest BCUT2D eigenvalue weighted by Crippen LogP contribution is -2.38. The number of rotatable bonds is 10. The summed E-state index contributed by atoms with van der Waals surface area (Å²) in [6, 6.07) is 9.01. The van der Waals surface area contributed by atoms with E-state index < -0.39 is 0 Å². The van der Waals surface area contributed by atoms with Crippen LogP contribution in [0, 0.1) is 10.8 Å². The summed E-state index contributed by atoms with van der Waals surface area (Å²) in [4.78, 5) is 37.7. The number of hydrogen-bond acceptors (Lipinski definition) is 9. The number of aromatic nitrogens is 4. The lowest BCUT2D eigenvalue weighted by atomic mass is 9.68. The molecule has 270 valence electrons. The van der Waals surface area contributed by atoms with Crippen molar-refractivity contribution < 1.29 is 33.7 Å². The lowest BCUT2D eigenvalue weighted by Gasteiger charge is -2.39. The minimum atomic E-state index is -0.307. The summed E-state index contributed by atoms with van der Waals surface area (Å²) >= 11 is 0. The van der Waals surface area contributed by atoms with Crippen molar-refractivity contribution >= 4 is 17.5 Å². The first-order valence-electron chi connectivity index (χ1n) is 18.5. The molecule has 4 heterocycles. The molecule has 3 aromatic rings. The molecule has 0 radical (unpaired) electrons. The minimum Gasteiger partial charge on any atom is -0.462 e. The van der Waals surface area contributed by atoms with Crippen LogP contribution in [0.15, 0.2) is 30.3 Å². The van der Waals surface area contributed by atoms with Crippen molar-refractivity contribution in [3.8, 4) is 0 Å². The Hall–Kier alpha value is -3.67. The molecule has 1 aromatic carbocycles. The zero-order valence-electron chi connectivity index (χ0n) is 29.7. The summed E-state index contributed by atoms with van der Waals surface area (Å²) in [7, 11) is 0. The Morgan fingerprint density at radius 2 is 1.24 bits per heavy atom. The highest BCUT2D eigenvalue weighted by molar-refractivity contribution is 6.00. The number of ether oxygens (including phenoxy) is 3. The van der Waals surface area contributed by atoms with Gasteiger partial charge in [-0.1, -0.05) is 32.0 Å². The van der Waals surface area contributed by atoms with Gasteiger partial charge in [-0.15, -0.1) is 0 Å². The normalized spacial score (nSPS) is 19.1. The molecule has 7 rings (SSSR count). The van der Waals surface area contributed by atoms with E-state index >= 15 is 0 Å². The Bertz CT molecular complexity index is 1650. The zero-order valence-corrected chi connectivity index (χ0v) is 29.7. The van der Waals surface area contributed by atoms with Gasteiger partial charge in [0.2, 0.25) is 0 Å². The van der Waals surface area contributed by atoms with Gasteiger partial charge in [-0.2, -0.15) is 10.2 Å². The Kier molecular flexibility index (Phi) is 11.7. The number of carbonyl (C=O) groups is 3. The van der Waals surface area contributed by atoms with Crippen LogP contribution in [0.3, 0.4) is 0 Å². The summed E-state index contributed by atoms with van der Waals surface area (Å²) in [5.74, 6) is 0.177. The van der Waals surface area contributed by atoms with E-state index in [-0.39, 0.29) is 35.0 Å². The second kappa shape index (κ2) is 16.1. The molecule has 1 N–H and O–H groups in total. The molecule has 2 aliphatic carbocycles. The number of aliphatic hydroxyl groups is 1. The topological polar surface area (TPSA) is 135 Å². The summed E-state index contributed by atoms with van der Waals surface area (Å²) in [5, 5.41) is 18.4. The average Bonchev–Trinajstić information content (AvgIpc) is 3.67. The maximum absolute atomic E-state index is 13.0. The van der Waals surface area contributed by atoms with Gasteiger partial charge in [0.15, 0.2) is 11.6 Å². The lowest BCUT2D eigenvalue weighted by molar-refractivity contribution is 0.00779. The van der Waals surface area contributed by atoms with E-state index in [9.17, 15) is 14.4 Å². The van der Waals surface area contributed by atoms with Gasteiger partial charge < -0.3 is 19.3 Å². The smallest absolute Gasteiger partial charge is 0.338 e. The van der Waals surface area contributed by atoms with E-state index in [1.54, 1.807) is 12.1 Å². The molecule has 0 amide bonds. The number of nitrogens with zero attached hydrogens (tertiary/aromatic N) is 4. The highest BCUT2D eigenvalue weighted by Crippen LogP contribution is 2.45. The third kappa shape index (κ3) is 7.80. The quantitative estimate of drug-likeness (QED) is 0.220. The van der Waals surface area contributed by atoms with Gasteiger partial charge in [0.25, 0.3) is 0 Å². The van der Waals surface area contributed by atoms with Crippen molar-refractivity contribution in [2.75, 3.05) is 39.6 Å². The van der Waals surface area contributed by atoms with Crippen LogP contribution in [0.4, 0.5) is 0 Å². The van der Waals surface area contributed by atoms with Crippen molar-refractivity contribution in [3.63, 3.8) is 0 Å². The van der Waals surface area contributed by atoms with Crippen LogP contribution in [0.25, 0.3) is 0 Å². The number of carbonyl (C=O) groups excluding carboxylic acids is 3. The second-order valence-corrected chi connectivity index (χ2v) is 14.4. The van der Waals surface area contributed by atoms with Gasteiger partial charge in [0.05, 0.1) is 46.1 Å². The molecule has 0 unspecified atom stereocenters. The molecular formula is C39H52N4O7. The number of esters is 1. The van der Waals surface area contributed by atoms with Crippen LogP contribution in [0.2, 0.25) is 0 Å². The van der Waals surface area contributed by atoms with Gasteiger partial charge in [0.1, 0.15) is 0 Å². The van der Waals surface area contributed by atoms with Crippen molar-refractivity contribution in [2.45, 2.75) is 104 Å². The van der Waals surface area contributed by atoms with Gasteiger partial charge in [-0.05, 0) is 80.8 Å². The number of aliphatic hydroxyl groups excluding tert-OH is 1. The summed E-state index contributed by atoms with van der Waals surface area (Å²) < 4.78 is 20.4. The largest absolute Gasteiger partial charge is 0.462 e. The number of hydrogen-bond donors (Lipinski definition) is 1. The molecule has 11 heteroatoms. The monoisotopic (exact) mass is 688 g/mol. The Labute approximate surface area is 294 Å². The fourth-order valence-corrected chi connectivity index (χ4v) is 8.24. The first-order valence-corrected chi connectivity index (χ1v) is 18.5. The van der Waals surface area contributed by atoms with Gasteiger partial charge in [-0.3, -0.25) is 19.0 Å². The van der Waals surface area contributed by atoms with Gasteiger partial charge >= 0.3 is 5.97 Å². The molecule has 2 aliphatic heterocycles. The number of ketones is 2. The molecule has 11 nitrogen and oxygen atoms in total. The molecule has 0 atom stereocenters. The highest BCUT2D eigenvalue weighted by Gasteiger charge is 2.44. The molecule has 2 aromatic heterocycles. The van der Waals surface area contributed by atoms with Crippen LogP contribution in [-0.4, -0.2) is 81.8 Å². The molecule has 0 bridgehead atoms. The Morgan fingerprint density at radius 3 is 1.70 bits per heavy atom. The molecule has 2 spiro atoms. The predicted molar refractivity (Wildman–Crippen MR) is 187 cm³/mol. The van der Waals surface area contributed by atoms with Crippen molar-refractivity contribution in [2.24, 2.45) is 10.8 Å². The molecule has 2 fully saturated rings. The summed E-state index contributed by atoms with van der Waals surface area (Å²) in [5.41, 5.74) is 6.34. The number of benzene rings is 1. The number of aryl methyl sites for hydroxylation is 4. The number of fused-ring (bicyclic) bond motifs is 2. The van der Waals surface area contributed by atoms with E-state index in [0.717, 1.165) is 112 Å². The third-order valence-corrected chi connectivity index (χ3v) is 11.0. The fraction of sp³-hybridized carbons (Fsp3) is 0.615. The van der Waals surface area contributed by atoms with E-state index in [1.165, 1.54) is 0 Å². The van der Waals surface area contributed by atoms with Crippen molar-refractivity contribution in [1.29, 1.82) is 0 Å². The van der Waals surface area contributed by atoms with E-state index in [2.05, 4.69) is 5.10 Å². The van der Waals surface area contributed by atoms with Crippen LogP contribution in [0.5, 0.6) is 0 Å². The molecule has 4 aliphatic rings. The molecule has 50 heavy (non-hydrogen) atoms. The minimum absolute atomic E-state index is 0.0188. The predicted octanol–water partition coefficient (Wildman–Crippen LogP) is 5.37. The van der Waals surface area contributed by atoms with E-state index in [4.69, 9.17) is 24.4 Å². The molecular weight excluding hydrogens is 636 g/mol. The first-order chi connectivity index (χ1) is 24.3. The summed E-state index contributed by atoms with van der Waals surface area (Å²) in [6.45, 7) is 8.89.